The Kier molecular flexibility index (Phi) is 7.76. The van der Waals surface area contributed by atoms with Crippen LogP contribution >= 0.6 is 23.1 Å². The smallest absolute Gasteiger partial charge is 0.240 e. The van der Waals surface area contributed by atoms with Crippen LogP contribution in [0.5, 0.6) is 5.75 Å². The molecule has 0 saturated heterocycles. The van der Waals surface area contributed by atoms with Crippen LogP contribution in [0.2, 0.25) is 0 Å². The fourth-order valence-corrected chi connectivity index (χ4v) is 6.71. The molecule has 5 rings (SSSR count). The monoisotopic (exact) mass is 561 g/mol. The van der Waals surface area contributed by atoms with Crippen molar-refractivity contribution >= 4 is 40.7 Å². The van der Waals surface area contributed by atoms with E-state index in [1.807, 2.05) is 53.2 Å². The summed E-state index contributed by atoms with van der Waals surface area (Å²) in [5, 5.41) is 9.99. The first-order valence-electron chi connectivity index (χ1n) is 12.7. The number of benzene rings is 1. The van der Waals surface area contributed by atoms with Gasteiger partial charge >= 0.3 is 0 Å². The third-order valence-electron chi connectivity index (χ3n) is 6.41. The minimum absolute atomic E-state index is 0.0910. The second kappa shape index (κ2) is 11.2. The molecule has 1 aliphatic rings. The van der Waals surface area contributed by atoms with Gasteiger partial charge in [0.05, 0.1) is 41.7 Å². The SMILES string of the molecule is COc1ccc(-n2nc(C(C)(C)C)c3c2N(CC(=O)NCc2ccccn2)C(=O)CS[C@@H]3c2cccs2)cc1. The minimum atomic E-state index is -0.307. The van der Waals surface area contributed by atoms with Crippen LogP contribution in [0.25, 0.3) is 5.69 Å². The number of pyridine rings is 1. The van der Waals surface area contributed by atoms with Gasteiger partial charge in [-0.05, 0) is 47.8 Å². The number of fused-ring (bicyclic) bond motifs is 1. The number of thiophene rings is 1. The van der Waals surface area contributed by atoms with Crippen LogP contribution in [0.1, 0.15) is 47.8 Å². The van der Waals surface area contributed by atoms with Gasteiger partial charge in [0, 0.05) is 22.1 Å². The van der Waals surface area contributed by atoms with E-state index in [-0.39, 0.29) is 41.3 Å². The van der Waals surface area contributed by atoms with Crippen molar-refractivity contribution in [1.82, 2.24) is 20.1 Å². The van der Waals surface area contributed by atoms with Gasteiger partial charge in [-0.25, -0.2) is 4.68 Å². The predicted molar refractivity (Wildman–Crippen MR) is 156 cm³/mol. The number of hydrogen-bond donors (Lipinski definition) is 1. The first-order valence-corrected chi connectivity index (χ1v) is 14.6. The van der Waals surface area contributed by atoms with Crippen LogP contribution < -0.4 is 15.0 Å². The molecule has 2 amide bonds. The van der Waals surface area contributed by atoms with Gasteiger partial charge in [0.1, 0.15) is 18.1 Å². The number of thioether (sulfide) groups is 1. The van der Waals surface area contributed by atoms with Gasteiger partial charge in [0.25, 0.3) is 0 Å². The fourth-order valence-electron chi connectivity index (χ4n) is 4.53. The Bertz CT molecular complexity index is 1440. The summed E-state index contributed by atoms with van der Waals surface area (Å²) in [4.78, 5) is 33.9. The average Bonchev–Trinajstić information content (AvgIpc) is 3.58. The van der Waals surface area contributed by atoms with Gasteiger partial charge in [-0.2, -0.15) is 5.10 Å². The lowest BCUT2D eigenvalue weighted by Gasteiger charge is -2.24. The van der Waals surface area contributed by atoms with Gasteiger partial charge in [0.2, 0.25) is 11.8 Å². The van der Waals surface area contributed by atoms with Crippen molar-refractivity contribution in [2.75, 3.05) is 24.3 Å². The predicted octanol–water partition coefficient (Wildman–Crippen LogP) is 5.12. The molecular formula is C29H31N5O3S2. The molecule has 1 N–H and O–H groups in total. The topological polar surface area (TPSA) is 89.3 Å². The molecule has 0 unspecified atom stereocenters. The first kappa shape index (κ1) is 27.0. The second-order valence-electron chi connectivity index (χ2n) is 10.2. The molecular weight excluding hydrogens is 530 g/mol. The highest BCUT2D eigenvalue weighted by Crippen LogP contribution is 2.49. The van der Waals surface area contributed by atoms with Crippen molar-refractivity contribution in [2.45, 2.75) is 38.0 Å². The lowest BCUT2D eigenvalue weighted by Crippen LogP contribution is -2.42. The summed E-state index contributed by atoms with van der Waals surface area (Å²) in [5.74, 6) is 1.20. The molecule has 0 saturated carbocycles. The Labute approximate surface area is 236 Å². The molecule has 0 radical (unpaired) electrons. The van der Waals surface area contributed by atoms with Crippen LogP contribution in [-0.2, 0) is 21.5 Å². The number of nitrogens with one attached hydrogen (secondary N) is 1. The molecule has 4 aromatic rings. The summed E-state index contributed by atoms with van der Waals surface area (Å²) in [6.45, 7) is 6.54. The quantitative estimate of drug-likeness (QED) is 0.337. The third-order valence-corrected chi connectivity index (χ3v) is 8.74. The maximum Gasteiger partial charge on any atom is 0.240 e. The molecule has 3 aromatic heterocycles. The van der Waals surface area contributed by atoms with E-state index in [4.69, 9.17) is 9.84 Å². The molecule has 202 valence electrons. The molecule has 8 nitrogen and oxygen atoms in total. The lowest BCUT2D eigenvalue weighted by molar-refractivity contribution is -0.123. The van der Waals surface area contributed by atoms with E-state index in [2.05, 4.69) is 42.5 Å². The third kappa shape index (κ3) is 5.72. The largest absolute Gasteiger partial charge is 0.497 e. The van der Waals surface area contributed by atoms with Gasteiger partial charge in [-0.1, -0.05) is 32.9 Å². The van der Waals surface area contributed by atoms with E-state index >= 15 is 0 Å². The van der Waals surface area contributed by atoms with Gasteiger partial charge in [0.15, 0.2) is 0 Å². The molecule has 0 aliphatic carbocycles. The summed E-state index contributed by atoms with van der Waals surface area (Å²) >= 11 is 3.25. The van der Waals surface area contributed by atoms with Crippen LogP contribution in [0.15, 0.2) is 66.2 Å². The van der Waals surface area contributed by atoms with Gasteiger partial charge < -0.3 is 10.1 Å². The number of amides is 2. The molecule has 0 spiro atoms. The van der Waals surface area contributed by atoms with E-state index < -0.39 is 0 Å². The minimum Gasteiger partial charge on any atom is -0.497 e. The molecule has 0 fully saturated rings. The highest BCUT2D eigenvalue weighted by molar-refractivity contribution is 8.00. The summed E-state index contributed by atoms with van der Waals surface area (Å²) in [6.07, 6.45) is 1.69. The summed E-state index contributed by atoms with van der Waals surface area (Å²) in [5.41, 5.74) is 3.09. The highest BCUT2D eigenvalue weighted by atomic mass is 32.2. The standard InChI is InChI=1S/C29H31N5O3S2/c1-29(2,3)27-25-26(22-9-7-15-38-22)39-18-24(36)33(17-23(35)31-16-19-8-5-6-14-30-19)28(25)34(32-27)20-10-12-21(37-4)13-11-20/h5-15,26H,16-18H2,1-4H3,(H,31,35)/t26-/m1/s1. The average molecular weight is 562 g/mol. The summed E-state index contributed by atoms with van der Waals surface area (Å²) in [7, 11) is 1.62. The van der Waals surface area contributed by atoms with Gasteiger partial charge in [-0.3, -0.25) is 19.5 Å². The lowest BCUT2D eigenvalue weighted by atomic mass is 9.88. The van der Waals surface area contributed by atoms with E-state index in [0.29, 0.717) is 5.82 Å². The number of aromatic nitrogens is 3. The first-order chi connectivity index (χ1) is 18.8. The Morgan fingerprint density at radius 2 is 1.92 bits per heavy atom. The molecule has 0 bridgehead atoms. The maximum absolute atomic E-state index is 13.7. The van der Waals surface area contributed by atoms with Crippen molar-refractivity contribution < 1.29 is 14.3 Å². The molecule has 1 atom stereocenters. The Hall–Kier alpha value is -3.63. The molecule has 10 heteroatoms. The number of carbonyl (C=O) groups excluding carboxylic acids is 2. The molecule has 4 heterocycles. The van der Waals surface area contributed by atoms with Crippen molar-refractivity contribution in [3.8, 4) is 11.4 Å². The number of ether oxygens (including phenoxy) is 1. The van der Waals surface area contributed by atoms with E-state index in [9.17, 15) is 9.59 Å². The normalized spacial score (nSPS) is 15.5. The Morgan fingerprint density at radius 3 is 2.56 bits per heavy atom. The number of nitrogens with zero attached hydrogens (tertiary/aromatic N) is 4. The van der Waals surface area contributed by atoms with Crippen molar-refractivity contribution in [3.63, 3.8) is 0 Å². The van der Waals surface area contributed by atoms with Crippen LogP contribution in [-0.4, -0.2) is 46.0 Å². The van der Waals surface area contributed by atoms with Crippen molar-refractivity contribution in [1.29, 1.82) is 0 Å². The zero-order valence-corrected chi connectivity index (χ0v) is 24.0. The van der Waals surface area contributed by atoms with Crippen LogP contribution in [0.4, 0.5) is 5.82 Å². The fraction of sp³-hybridized carbons (Fsp3) is 0.310. The second-order valence-corrected chi connectivity index (χ2v) is 12.3. The number of rotatable bonds is 7. The van der Waals surface area contributed by atoms with Crippen molar-refractivity contribution in [2.24, 2.45) is 0 Å². The van der Waals surface area contributed by atoms with Crippen molar-refractivity contribution in [3.05, 3.63) is 88.0 Å². The number of anilines is 1. The number of hydrogen-bond acceptors (Lipinski definition) is 7. The number of carbonyl (C=O) groups is 2. The summed E-state index contributed by atoms with van der Waals surface area (Å²) in [6, 6.07) is 17.3. The summed E-state index contributed by atoms with van der Waals surface area (Å²) < 4.78 is 7.17. The van der Waals surface area contributed by atoms with E-state index in [0.717, 1.165) is 33.3 Å². The molecule has 1 aromatic carbocycles. The number of methoxy groups -OCH3 is 1. The maximum atomic E-state index is 13.7. The zero-order valence-electron chi connectivity index (χ0n) is 22.4. The Balaban J connectivity index is 1.62. The van der Waals surface area contributed by atoms with Crippen LogP contribution in [0.3, 0.4) is 0 Å². The molecule has 1 aliphatic heterocycles. The van der Waals surface area contributed by atoms with E-state index in [1.54, 1.807) is 41.3 Å². The van der Waals surface area contributed by atoms with E-state index in [1.165, 1.54) is 0 Å². The van der Waals surface area contributed by atoms with Crippen LogP contribution in [0, 0.1) is 0 Å². The highest BCUT2D eigenvalue weighted by Gasteiger charge is 2.40. The molecule has 39 heavy (non-hydrogen) atoms. The zero-order chi connectivity index (χ0) is 27.6. The Morgan fingerprint density at radius 1 is 1.13 bits per heavy atom. The van der Waals surface area contributed by atoms with Gasteiger partial charge in [-0.15, -0.1) is 23.1 Å².